The number of rotatable bonds is 3. The number of alkyl halides is 3. The van der Waals surface area contributed by atoms with Crippen molar-refractivity contribution in [1.82, 2.24) is 0 Å². The topological polar surface area (TPSA) is 29.5 Å². The average Bonchev–Trinajstić information content (AvgIpc) is 2.17. The van der Waals surface area contributed by atoms with Crippen molar-refractivity contribution in [2.45, 2.75) is 18.7 Å². The van der Waals surface area contributed by atoms with Gasteiger partial charge in [0.15, 0.2) is 6.10 Å². The zero-order chi connectivity index (χ0) is 11.5. The molecule has 0 radical (unpaired) electrons. The maximum absolute atomic E-state index is 12.1. The number of aliphatic hydroxyl groups is 1. The minimum absolute atomic E-state index is 0.338. The molecule has 0 saturated carbocycles. The van der Waals surface area contributed by atoms with Gasteiger partial charge in [-0.3, -0.25) is 0 Å². The van der Waals surface area contributed by atoms with Gasteiger partial charge in [0, 0.05) is 6.42 Å². The zero-order valence-electron chi connectivity index (χ0n) is 8.08. The number of para-hydroxylation sites is 1. The van der Waals surface area contributed by atoms with Crippen molar-refractivity contribution >= 4 is 0 Å². The van der Waals surface area contributed by atoms with E-state index in [1.54, 1.807) is 18.2 Å². The number of benzene rings is 1. The molecule has 0 spiro atoms. The molecule has 0 fully saturated rings. The lowest BCUT2D eigenvalue weighted by atomic mass is 10.1. The van der Waals surface area contributed by atoms with E-state index in [1.807, 2.05) is 0 Å². The van der Waals surface area contributed by atoms with Crippen molar-refractivity contribution in [3.63, 3.8) is 0 Å². The lowest BCUT2D eigenvalue weighted by Crippen LogP contribution is -2.30. The Balaban J connectivity index is 2.80. The largest absolute Gasteiger partial charge is 0.496 e. The summed E-state index contributed by atoms with van der Waals surface area (Å²) in [5.41, 5.74) is 0.338. The van der Waals surface area contributed by atoms with Gasteiger partial charge in [-0.1, -0.05) is 18.2 Å². The lowest BCUT2D eigenvalue weighted by Gasteiger charge is -2.15. The average molecular weight is 220 g/mol. The molecule has 1 aromatic carbocycles. The third kappa shape index (κ3) is 3.13. The fraction of sp³-hybridized carbons (Fsp3) is 0.400. The Morgan fingerprint density at radius 2 is 1.93 bits per heavy atom. The van der Waals surface area contributed by atoms with Crippen LogP contribution in [0, 0.1) is 0 Å². The quantitative estimate of drug-likeness (QED) is 0.845. The molecule has 1 aromatic rings. The van der Waals surface area contributed by atoms with Gasteiger partial charge < -0.3 is 9.84 Å². The van der Waals surface area contributed by atoms with Crippen LogP contribution in [0.4, 0.5) is 13.2 Å². The third-order valence-electron chi connectivity index (χ3n) is 1.98. The first kappa shape index (κ1) is 11.8. The molecule has 0 aliphatic heterocycles. The Kier molecular flexibility index (Phi) is 3.57. The van der Waals surface area contributed by atoms with Crippen LogP contribution in [0.25, 0.3) is 0 Å². The molecule has 1 unspecified atom stereocenters. The zero-order valence-corrected chi connectivity index (χ0v) is 8.08. The van der Waals surface area contributed by atoms with Crippen LogP contribution in [0.5, 0.6) is 5.75 Å². The molecule has 1 atom stereocenters. The molecule has 0 aliphatic carbocycles. The third-order valence-corrected chi connectivity index (χ3v) is 1.98. The second-order valence-electron chi connectivity index (χ2n) is 3.07. The normalized spacial score (nSPS) is 13.7. The van der Waals surface area contributed by atoms with Crippen molar-refractivity contribution < 1.29 is 23.0 Å². The van der Waals surface area contributed by atoms with Crippen LogP contribution in [0.3, 0.4) is 0 Å². The van der Waals surface area contributed by atoms with Crippen molar-refractivity contribution in [3.05, 3.63) is 29.8 Å². The van der Waals surface area contributed by atoms with Crippen LogP contribution in [0.2, 0.25) is 0 Å². The number of methoxy groups -OCH3 is 1. The van der Waals surface area contributed by atoms with E-state index in [2.05, 4.69) is 0 Å². The summed E-state index contributed by atoms with van der Waals surface area (Å²) in [6.45, 7) is 0. The Morgan fingerprint density at radius 3 is 2.47 bits per heavy atom. The Morgan fingerprint density at radius 1 is 1.33 bits per heavy atom. The van der Waals surface area contributed by atoms with Gasteiger partial charge in [-0.2, -0.15) is 13.2 Å². The highest BCUT2D eigenvalue weighted by Gasteiger charge is 2.38. The predicted octanol–water partition coefficient (Wildman–Crippen LogP) is 2.16. The van der Waals surface area contributed by atoms with Crippen LogP contribution in [-0.2, 0) is 6.42 Å². The summed E-state index contributed by atoms with van der Waals surface area (Å²) in [5.74, 6) is 0.348. The van der Waals surface area contributed by atoms with Gasteiger partial charge in [0.2, 0.25) is 0 Å². The second kappa shape index (κ2) is 4.53. The summed E-state index contributed by atoms with van der Waals surface area (Å²) >= 11 is 0. The standard InChI is InChI=1S/C10H11F3O2/c1-15-8-5-3-2-4-7(8)6-9(14)10(11,12)13/h2-5,9,14H,6H2,1H3. The molecule has 5 heteroatoms. The number of halogens is 3. The Labute approximate surface area is 85.3 Å². The van der Waals surface area contributed by atoms with Crippen LogP contribution in [0.15, 0.2) is 24.3 Å². The summed E-state index contributed by atoms with van der Waals surface area (Å²) < 4.78 is 41.1. The van der Waals surface area contributed by atoms with Crippen molar-refractivity contribution in [3.8, 4) is 5.75 Å². The molecule has 0 bridgehead atoms. The van der Waals surface area contributed by atoms with E-state index in [4.69, 9.17) is 9.84 Å². The molecule has 0 amide bonds. The molecular weight excluding hydrogens is 209 g/mol. The maximum atomic E-state index is 12.1. The van der Waals surface area contributed by atoms with Crippen LogP contribution in [-0.4, -0.2) is 24.5 Å². The summed E-state index contributed by atoms with van der Waals surface area (Å²) in [6.07, 6.45) is -7.44. The first-order chi connectivity index (χ1) is 6.95. The Bertz CT molecular complexity index is 323. The smallest absolute Gasteiger partial charge is 0.414 e. The molecule has 84 valence electrons. The summed E-state index contributed by atoms with van der Waals surface area (Å²) in [4.78, 5) is 0. The van der Waals surface area contributed by atoms with Gasteiger partial charge >= 0.3 is 6.18 Å². The van der Waals surface area contributed by atoms with E-state index < -0.39 is 18.7 Å². The number of hydrogen-bond acceptors (Lipinski definition) is 2. The highest BCUT2D eigenvalue weighted by Crippen LogP contribution is 2.26. The van der Waals surface area contributed by atoms with Gasteiger partial charge in [0.25, 0.3) is 0 Å². The molecular formula is C10H11F3O2. The molecule has 0 aliphatic rings. The van der Waals surface area contributed by atoms with Crippen molar-refractivity contribution in [1.29, 1.82) is 0 Å². The van der Waals surface area contributed by atoms with Gasteiger partial charge in [0.1, 0.15) is 5.75 Å². The van der Waals surface area contributed by atoms with E-state index in [0.29, 0.717) is 11.3 Å². The molecule has 1 rings (SSSR count). The SMILES string of the molecule is COc1ccccc1CC(O)C(F)(F)F. The second-order valence-corrected chi connectivity index (χ2v) is 3.07. The highest BCUT2D eigenvalue weighted by atomic mass is 19.4. The fourth-order valence-corrected chi connectivity index (χ4v) is 1.20. The van der Waals surface area contributed by atoms with E-state index >= 15 is 0 Å². The minimum atomic E-state index is -4.60. The number of hydrogen-bond donors (Lipinski definition) is 1. The number of ether oxygens (including phenoxy) is 1. The monoisotopic (exact) mass is 220 g/mol. The summed E-state index contributed by atoms with van der Waals surface area (Å²) in [6, 6.07) is 6.30. The van der Waals surface area contributed by atoms with Gasteiger partial charge in [-0.15, -0.1) is 0 Å². The van der Waals surface area contributed by atoms with E-state index in [9.17, 15) is 13.2 Å². The van der Waals surface area contributed by atoms with Gasteiger partial charge in [-0.05, 0) is 11.6 Å². The van der Waals surface area contributed by atoms with Gasteiger partial charge in [-0.25, -0.2) is 0 Å². The predicted molar refractivity (Wildman–Crippen MR) is 48.8 cm³/mol. The molecule has 2 nitrogen and oxygen atoms in total. The Hall–Kier alpha value is -1.23. The minimum Gasteiger partial charge on any atom is -0.496 e. The highest BCUT2D eigenvalue weighted by molar-refractivity contribution is 5.33. The van der Waals surface area contributed by atoms with E-state index in [-0.39, 0.29) is 0 Å². The molecule has 0 saturated heterocycles. The first-order valence-electron chi connectivity index (χ1n) is 4.32. The van der Waals surface area contributed by atoms with E-state index in [1.165, 1.54) is 13.2 Å². The van der Waals surface area contributed by atoms with Crippen molar-refractivity contribution in [2.75, 3.05) is 7.11 Å². The fourth-order valence-electron chi connectivity index (χ4n) is 1.20. The van der Waals surface area contributed by atoms with E-state index in [0.717, 1.165) is 0 Å². The number of aliphatic hydroxyl groups excluding tert-OH is 1. The summed E-state index contributed by atoms with van der Waals surface area (Å²) in [7, 11) is 1.37. The first-order valence-corrected chi connectivity index (χ1v) is 4.32. The lowest BCUT2D eigenvalue weighted by molar-refractivity contribution is -0.203. The summed E-state index contributed by atoms with van der Waals surface area (Å²) in [5, 5.41) is 8.88. The molecule has 0 aromatic heterocycles. The van der Waals surface area contributed by atoms with Crippen LogP contribution < -0.4 is 4.74 Å². The molecule has 1 N–H and O–H groups in total. The van der Waals surface area contributed by atoms with Crippen LogP contribution in [0.1, 0.15) is 5.56 Å². The maximum Gasteiger partial charge on any atom is 0.414 e. The van der Waals surface area contributed by atoms with Crippen molar-refractivity contribution in [2.24, 2.45) is 0 Å². The molecule has 0 heterocycles. The van der Waals surface area contributed by atoms with Crippen LogP contribution >= 0.6 is 0 Å². The van der Waals surface area contributed by atoms with Gasteiger partial charge in [0.05, 0.1) is 7.11 Å². The molecule has 15 heavy (non-hydrogen) atoms.